The minimum Gasteiger partial charge on any atom is -0.362 e. The van der Waals surface area contributed by atoms with Crippen LogP contribution in [0.3, 0.4) is 0 Å². The lowest BCUT2D eigenvalue weighted by Gasteiger charge is -2.31. The Kier molecular flexibility index (Phi) is 3.83. The molecule has 2 nitrogen and oxygen atoms in total. The van der Waals surface area contributed by atoms with Gasteiger partial charge in [-0.3, -0.25) is 4.99 Å². The third kappa shape index (κ3) is 3.16. The summed E-state index contributed by atoms with van der Waals surface area (Å²) in [4.78, 5) is 4.89. The van der Waals surface area contributed by atoms with Crippen LogP contribution in [0.25, 0.3) is 0 Å². The van der Waals surface area contributed by atoms with Crippen LogP contribution in [0.1, 0.15) is 52.9 Å². The van der Waals surface area contributed by atoms with Gasteiger partial charge in [-0.2, -0.15) is 0 Å². The summed E-state index contributed by atoms with van der Waals surface area (Å²) in [5.74, 6) is 1.22. The Hall–Kier alpha value is -0.180. The molecule has 2 aliphatic rings. The highest BCUT2D eigenvalue weighted by Gasteiger charge is 2.28. The molecule has 2 rings (SSSR count). The maximum absolute atomic E-state index is 4.89. The Morgan fingerprint density at radius 2 is 1.88 bits per heavy atom. The highest BCUT2D eigenvalue weighted by Crippen LogP contribution is 2.30. The number of rotatable bonds is 1. The molecule has 0 aromatic rings. The summed E-state index contributed by atoms with van der Waals surface area (Å²) < 4.78 is 0. The van der Waals surface area contributed by atoms with Gasteiger partial charge in [0.15, 0.2) is 5.17 Å². The van der Waals surface area contributed by atoms with Crippen molar-refractivity contribution in [1.82, 2.24) is 5.32 Å². The van der Waals surface area contributed by atoms with Crippen LogP contribution in [-0.2, 0) is 0 Å². The van der Waals surface area contributed by atoms with E-state index < -0.39 is 0 Å². The fourth-order valence-electron chi connectivity index (χ4n) is 2.46. The predicted octanol–water partition coefficient (Wildman–Crippen LogP) is 3.43. The Morgan fingerprint density at radius 1 is 1.19 bits per heavy atom. The molecule has 1 heterocycles. The largest absolute Gasteiger partial charge is 0.362 e. The van der Waals surface area contributed by atoms with E-state index in [0.29, 0.717) is 17.5 Å². The molecule has 0 aromatic carbocycles. The normalized spacial score (nSPS) is 27.9. The predicted molar refractivity (Wildman–Crippen MR) is 73.1 cm³/mol. The summed E-state index contributed by atoms with van der Waals surface area (Å²) in [5, 5.41) is 4.84. The molecule has 0 aromatic heterocycles. The SMILES string of the molecule is CC(C)(C)C1CCSC(NC2CCCC2)=N1. The number of amidine groups is 1. The van der Waals surface area contributed by atoms with Gasteiger partial charge in [-0.25, -0.2) is 0 Å². The quantitative estimate of drug-likeness (QED) is 0.759. The zero-order valence-corrected chi connectivity index (χ0v) is 11.6. The van der Waals surface area contributed by atoms with Crippen molar-refractivity contribution in [3.05, 3.63) is 0 Å². The first-order valence-electron chi connectivity index (χ1n) is 6.53. The highest BCUT2D eigenvalue weighted by atomic mass is 32.2. The summed E-state index contributed by atoms with van der Waals surface area (Å²) in [6, 6.07) is 1.20. The molecule has 0 radical (unpaired) electrons. The minimum absolute atomic E-state index is 0.309. The van der Waals surface area contributed by atoms with Gasteiger partial charge in [0.1, 0.15) is 0 Å². The molecule has 1 atom stereocenters. The Bertz CT molecular complexity index is 262. The molecule has 1 N–H and O–H groups in total. The van der Waals surface area contributed by atoms with E-state index in [1.54, 1.807) is 0 Å². The molecule has 1 saturated carbocycles. The number of hydrogen-bond donors (Lipinski definition) is 1. The van der Waals surface area contributed by atoms with Crippen LogP contribution >= 0.6 is 11.8 Å². The van der Waals surface area contributed by atoms with E-state index in [1.165, 1.54) is 43.0 Å². The van der Waals surface area contributed by atoms with Crippen molar-refractivity contribution in [1.29, 1.82) is 0 Å². The molecule has 92 valence electrons. The van der Waals surface area contributed by atoms with Gasteiger partial charge >= 0.3 is 0 Å². The number of nitrogens with one attached hydrogen (secondary N) is 1. The molecule has 0 spiro atoms. The molecule has 16 heavy (non-hydrogen) atoms. The van der Waals surface area contributed by atoms with Gasteiger partial charge in [0.25, 0.3) is 0 Å². The van der Waals surface area contributed by atoms with Gasteiger partial charge in [-0.15, -0.1) is 0 Å². The summed E-state index contributed by atoms with van der Waals surface area (Å²) in [7, 11) is 0. The van der Waals surface area contributed by atoms with Crippen molar-refractivity contribution in [3.63, 3.8) is 0 Å². The summed E-state index contributed by atoms with van der Waals surface area (Å²) in [6.45, 7) is 6.89. The Morgan fingerprint density at radius 3 is 2.50 bits per heavy atom. The number of aliphatic imine (C=N–C) groups is 1. The smallest absolute Gasteiger partial charge is 0.157 e. The van der Waals surface area contributed by atoms with E-state index in [-0.39, 0.29) is 0 Å². The number of hydrogen-bond acceptors (Lipinski definition) is 3. The van der Waals surface area contributed by atoms with Crippen molar-refractivity contribution in [3.8, 4) is 0 Å². The topological polar surface area (TPSA) is 24.4 Å². The minimum atomic E-state index is 0.309. The van der Waals surface area contributed by atoms with Crippen LogP contribution < -0.4 is 5.32 Å². The van der Waals surface area contributed by atoms with Crippen LogP contribution in [0.15, 0.2) is 4.99 Å². The zero-order valence-electron chi connectivity index (χ0n) is 10.8. The summed E-state index contributed by atoms with van der Waals surface area (Å²) >= 11 is 1.91. The van der Waals surface area contributed by atoms with Crippen molar-refractivity contribution in [2.24, 2.45) is 10.4 Å². The molecular weight excluding hydrogens is 216 g/mol. The fourth-order valence-corrected chi connectivity index (χ4v) is 3.45. The number of thioether (sulfide) groups is 1. The molecule has 3 heteroatoms. The summed E-state index contributed by atoms with van der Waals surface area (Å²) in [6.07, 6.45) is 6.67. The third-order valence-corrected chi connectivity index (χ3v) is 4.52. The van der Waals surface area contributed by atoms with E-state index in [9.17, 15) is 0 Å². The van der Waals surface area contributed by atoms with Crippen LogP contribution in [-0.4, -0.2) is 23.0 Å². The molecule has 1 unspecified atom stereocenters. The summed E-state index contributed by atoms with van der Waals surface area (Å²) in [5.41, 5.74) is 0.309. The van der Waals surface area contributed by atoms with Gasteiger partial charge in [-0.1, -0.05) is 45.4 Å². The molecule has 0 amide bonds. The average Bonchev–Trinajstić information content (AvgIpc) is 2.70. The van der Waals surface area contributed by atoms with Gasteiger partial charge in [0, 0.05) is 11.8 Å². The lowest BCUT2D eigenvalue weighted by molar-refractivity contribution is 0.315. The van der Waals surface area contributed by atoms with Crippen molar-refractivity contribution in [2.75, 3.05) is 5.75 Å². The van der Waals surface area contributed by atoms with Gasteiger partial charge in [-0.05, 0) is 24.7 Å². The van der Waals surface area contributed by atoms with Gasteiger partial charge in [0.2, 0.25) is 0 Å². The standard InChI is InChI=1S/C13H24N2S/c1-13(2,3)11-8-9-16-12(15-11)14-10-6-4-5-7-10/h10-11H,4-9H2,1-3H3,(H,14,15). The Labute approximate surface area is 104 Å². The van der Waals surface area contributed by atoms with Crippen molar-refractivity contribution in [2.45, 2.75) is 65.0 Å². The lowest BCUT2D eigenvalue weighted by Crippen LogP contribution is -2.37. The molecule has 1 fully saturated rings. The van der Waals surface area contributed by atoms with Crippen molar-refractivity contribution >= 4 is 16.9 Å². The first kappa shape index (κ1) is 12.3. The van der Waals surface area contributed by atoms with Crippen LogP contribution in [0.5, 0.6) is 0 Å². The zero-order chi connectivity index (χ0) is 11.6. The monoisotopic (exact) mass is 240 g/mol. The first-order valence-corrected chi connectivity index (χ1v) is 7.51. The second kappa shape index (κ2) is 4.99. The lowest BCUT2D eigenvalue weighted by atomic mass is 9.85. The average molecular weight is 240 g/mol. The van der Waals surface area contributed by atoms with E-state index in [0.717, 1.165) is 0 Å². The van der Waals surface area contributed by atoms with Crippen LogP contribution in [0, 0.1) is 5.41 Å². The maximum atomic E-state index is 4.89. The van der Waals surface area contributed by atoms with Gasteiger partial charge < -0.3 is 5.32 Å². The number of nitrogens with zero attached hydrogens (tertiary/aromatic N) is 1. The maximum Gasteiger partial charge on any atom is 0.157 e. The Balaban J connectivity index is 1.95. The van der Waals surface area contributed by atoms with E-state index >= 15 is 0 Å². The second-order valence-electron chi connectivity index (χ2n) is 6.08. The van der Waals surface area contributed by atoms with Crippen molar-refractivity contribution < 1.29 is 0 Å². The molecule has 1 aliphatic heterocycles. The van der Waals surface area contributed by atoms with E-state index in [2.05, 4.69) is 26.1 Å². The third-order valence-electron chi connectivity index (χ3n) is 3.59. The second-order valence-corrected chi connectivity index (χ2v) is 7.16. The molecule has 0 saturated heterocycles. The molecular formula is C13H24N2S. The van der Waals surface area contributed by atoms with Crippen LogP contribution in [0.4, 0.5) is 0 Å². The van der Waals surface area contributed by atoms with Crippen LogP contribution in [0.2, 0.25) is 0 Å². The molecule has 0 bridgehead atoms. The highest BCUT2D eigenvalue weighted by molar-refractivity contribution is 8.13. The van der Waals surface area contributed by atoms with Gasteiger partial charge in [0.05, 0.1) is 6.04 Å². The van der Waals surface area contributed by atoms with E-state index in [1.807, 2.05) is 11.8 Å². The molecule has 1 aliphatic carbocycles. The van der Waals surface area contributed by atoms with E-state index in [4.69, 9.17) is 4.99 Å². The first-order chi connectivity index (χ1) is 7.55. The fraction of sp³-hybridized carbons (Fsp3) is 0.923.